The van der Waals surface area contributed by atoms with Crippen LogP contribution in [0.5, 0.6) is 5.75 Å². The molecule has 0 saturated carbocycles. The fraction of sp³-hybridized carbons (Fsp3) is 0.125. The second kappa shape index (κ2) is 4.32. The van der Waals surface area contributed by atoms with Crippen molar-refractivity contribution < 1.29 is 22.7 Å². The molecule has 2 N–H and O–H groups in total. The number of benzene rings is 1. The summed E-state index contributed by atoms with van der Waals surface area (Å²) in [5.74, 6) is -1.62. The van der Waals surface area contributed by atoms with Crippen molar-refractivity contribution in [2.75, 3.05) is 7.11 Å². The first-order valence-corrected chi connectivity index (χ1v) is 5.84. The van der Waals surface area contributed by atoms with Crippen LogP contribution in [0.2, 0.25) is 0 Å². The van der Waals surface area contributed by atoms with Gasteiger partial charge in [0.1, 0.15) is 0 Å². The average Bonchev–Trinajstić information content (AvgIpc) is 2.17. The minimum atomic E-state index is -2.62. The van der Waals surface area contributed by atoms with Gasteiger partial charge in [-0.2, -0.15) is 0 Å². The van der Waals surface area contributed by atoms with Crippen molar-refractivity contribution >= 4 is 24.6 Å². The maximum absolute atomic E-state index is 11.2. The van der Waals surface area contributed by atoms with E-state index < -0.39 is 20.1 Å². The fourth-order valence-electron chi connectivity index (χ4n) is 0.886. The molecule has 0 amide bonds. The molecule has 1 unspecified atom stereocenters. The van der Waals surface area contributed by atoms with E-state index in [0.29, 0.717) is 4.46 Å². The Morgan fingerprint density at radius 3 is 2.64 bits per heavy atom. The molecule has 0 bridgehead atoms. The van der Waals surface area contributed by atoms with Crippen LogP contribution in [0, 0.1) is 0 Å². The molecule has 1 rings (SSSR count). The Morgan fingerprint density at radius 1 is 1.50 bits per heavy atom. The van der Waals surface area contributed by atoms with E-state index in [0.717, 1.165) is 6.07 Å². The zero-order valence-electron chi connectivity index (χ0n) is 7.26. The third kappa shape index (κ3) is 2.17. The monoisotopic (exact) mass is 264 g/mol. The first kappa shape index (κ1) is 10.8. The minimum absolute atomic E-state index is 0.274. The van der Waals surface area contributed by atoms with E-state index in [4.69, 9.17) is 10.2 Å². The number of rotatable bonds is 3. The standard InChI is InChI=1S/C8H8O5Se/c1-13-14(12)5-2-3-7(9)6(4-5)8(10)11/h2-4,9H,1H3,(H,10,11). The van der Waals surface area contributed by atoms with E-state index in [1.807, 2.05) is 0 Å². The molecule has 0 aromatic heterocycles. The Balaban J connectivity index is 3.19. The van der Waals surface area contributed by atoms with E-state index >= 15 is 0 Å². The Morgan fingerprint density at radius 2 is 2.14 bits per heavy atom. The number of hydrogen-bond donors (Lipinski definition) is 2. The number of carboxylic acids is 1. The molecule has 1 aromatic rings. The molecule has 0 saturated heterocycles. The van der Waals surface area contributed by atoms with Gasteiger partial charge in [0, 0.05) is 0 Å². The molecular formula is C8H8O5Se. The summed E-state index contributed by atoms with van der Waals surface area (Å²) in [6.45, 7) is 0. The van der Waals surface area contributed by atoms with Gasteiger partial charge < -0.3 is 0 Å². The predicted octanol–water partition coefficient (Wildman–Crippen LogP) is -0.138. The Hall–Kier alpha value is -1.23. The average molecular weight is 263 g/mol. The van der Waals surface area contributed by atoms with Crippen molar-refractivity contribution in [1.82, 2.24) is 0 Å². The summed E-state index contributed by atoms with van der Waals surface area (Å²) in [6.07, 6.45) is 0. The normalized spacial score (nSPS) is 12.4. The van der Waals surface area contributed by atoms with E-state index in [2.05, 4.69) is 3.82 Å². The zero-order chi connectivity index (χ0) is 10.7. The summed E-state index contributed by atoms with van der Waals surface area (Å²) in [6, 6.07) is 3.72. The van der Waals surface area contributed by atoms with Crippen LogP contribution in [0.3, 0.4) is 0 Å². The molecule has 0 aliphatic heterocycles. The Bertz CT molecular complexity index is 387. The van der Waals surface area contributed by atoms with E-state index in [-0.39, 0.29) is 11.3 Å². The molecule has 0 spiro atoms. The molecule has 5 nitrogen and oxygen atoms in total. The number of aromatic carboxylic acids is 1. The third-order valence-electron chi connectivity index (χ3n) is 1.54. The molecule has 14 heavy (non-hydrogen) atoms. The summed E-state index contributed by atoms with van der Waals surface area (Å²) in [4.78, 5) is 10.6. The van der Waals surface area contributed by atoms with Crippen molar-refractivity contribution in [3.63, 3.8) is 0 Å². The number of aromatic hydroxyl groups is 1. The van der Waals surface area contributed by atoms with E-state index in [9.17, 15) is 8.63 Å². The van der Waals surface area contributed by atoms with Gasteiger partial charge in [-0.3, -0.25) is 0 Å². The van der Waals surface area contributed by atoms with Gasteiger partial charge in [-0.25, -0.2) is 0 Å². The van der Waals surface area contributed by atoms with Crippen molar-refractivity contribution in [2.45, 2.75) is 0 Å². The topological polar surface area (TPSA) is 83.8 Å². The summed E-state index contributed by atoms with van der Waals surface area (Å²) in [5, 5.41) is 17.8. The molecule has 1 atom stereocenters. The van der Waals surface area contributed by atoms with Crippen LogP contribution in [0.1, 0.15) is 10.4 Å². The number of phenols is 1. The van der Waals surface area contributed by atoms with Crippen LogP contribution in [-0.4, -0.2) is 37.5 Å². The van der Waals surface area contributed by atoms with Crippen molar-refractivity contribution in [3.8, 4) is 5.75 Å². The maximum atomic E-state index is 11.2. The summed E-state index contributed by atoms with van der Waals surface area (Å²) in [5.41, 5.74) is -0.274. The molecule has 1 aromatic carbocycles. The fourth-order valence-corrected chi connectivity index (χ4v) is 2.12. The van der Waals surface area contributed by atoms with Crippen LogP contribution in [-0.2, 0) is 7.65 Å². The third-order valence-corrected chi connectivity index (χ3v) is 3.52. The van der Waals surface area contributed by atoms with Gasteiger partial charge in [-0.05, 0) is 0 Å². The molecule has 6 heteroatoms. The van der Waals surface area contributed by atoms with Crippen LogP contribution < -0.4 is 4.46 Å². The van der Waals surface area contributed by atoms with Gasteiger partial charge in [-0.1, -0.05) is 0 Å². The van der Waals surface area contributed by atoms with Crippen molar-refractivity contribution in [3.05, 3.63) is 23.8 Å². The molecule has 0 aliphatic carbocycles. The first-order valence-electron chi connectivity index (χ1n) is 3.59. The predicted molar refractivity (Wildman–Crippen MR) is 48.1 cm³/mol. The molecule has 0 radical (unpaired) electrons. The quantitative estimate of drug-likeness (QED) is 0.742. The van der Waals surface area contributed by atoms with Gasteiger partial charge in [0.15, 0.2) is 0 Å². The zero-order valence-corrected chi connectivity index (χ0v) is 8.97. The van der Waals surface area contributed by atoms with Crippen LogP contribution in [0.25, 0.3) is 0 Å². The van der Waals surface area contributed by atoms with E-state index in [1.165, 1.54) is 19.2 Å². The van der Waals surface area contributed by atoms with Crippen LogP contribution in [0.4, 0.5) is 0 Å². The first-order chi connectivity index (χ1) is 6.56. The number of carbonyl (C=O) groups is 1. The Kier molecular flexibility index (Phi) is 3.35. The van der Waals surface area contributed by atoms with Gasteiger partial charge in [0.2, 0.25) is 0 Å². The van der Waals surface area contributed by atoms with Gasteiger partial charge in [0.25, 0.3) is 0 Å². The number of hydrogen-bond acceptors (Lipinski definition) is 4. The molecular weight excluding hydrogens is 255 g/mol. The molecule has 0 fully saturated rings. The van der Waals surface area contributed by atoms with Gasteiger partial charge in [0.05, 0.1) is 0 Å². The Labute approximate surface area is 84.3 Å². The number of carboxylic acid groups (broad SMARTS) is 1. The van der Waals surface area contributed by atoms with Gasteiger partial charge >= 0.3 is 83.9 Å². The van der Waals surface area contributed by atoms with Crippen LogP contribution >= 0.6 is 0 Å². The molecule has 76 valence electrons. The second-order valence-corrected chi connectivity index (χ2v) is 5.06. The van der Waals surface area contributed by atoms with Crippen molar-refractivity contribution in [1.29, 1.82) is 0 Å². The van der Waals surface area contributed by atoms with Gasteiger partial charge in [-0.15, -0.1) is 0 Å². The molecule has 0 aliphatic rings. The summed E-state index contributed by atoms with van der Waals surface area (Å²) >= 11 is -2.62. The summed E-state index contributed by atoms with van der Waals surface area (Å²) < 4.78 is 16.1. The van der Waals surface area contributed by atoms with Crippen LogP contribution in [0.15, 0.2) is 18.2 Å². The van der Waals surface area contributed by atoms with E-state index in [1.54, 1.807) is 0 Å². The second-order valence-electron chi connectivity index (χ2n) is 2.39. The summed E-state index contributed by atoms with van der Waals surface area (Å²) in [7, 11) is 1.28. The SMILES string of the molecule is CO[Se](=O)c1ccc(O)c(C(=O)O)c1. The molecule has 0 heterocycles. The van der Waals surface area contributed by atoms with Crippen molar-refractivity contribution in [2.24, 2.45) is 0 Å².